The molecule has 38 heavy (non-hydrogen) atoms. The highest BCUT2D eigenvalue weighted by Gasteiger charge is 2.44. The number of halogens is 6. The fourth-order valence-electron chi connectivity index (χ4n) is 4.73. The first-order valence-corrected chi connectivity index (χ1v) is 12.2. The predicted molar refractivity (Wildman–Crippen MR) is 129 cm³/mol. The highest BCUT2D eigenvalue weighted by atomic mass is 19.3. The Labute approximate surface area is 216 Å². The molecule has 0 aromatic heterocycles. The molecule has 3 aromatic rings. The molecular formula is C28H26F6N2O2. The van der Waals surface area contributed by atoms with Gasteiger partial charge in [0.25, 0.3) is 0 Å². The van der Waals surface area contributed by atoms with Crippen molar-refractivity contribution in [2.75, 3.05) is 0 Å². The van der Waals surface area contributed by atoms with Gasteiger partial charge in [-0.15, -0.1) is 0 Å². The first-order valence-electron chi connectivity index (χ1n) is 12.2. The molecule has 0 radical (unpaired) electrons. The van der Waals surface area contributed by atoms with Crippen molar-refractivity contribution in [3.8, 4) is 5.75 Å². The number of hydrogen-bond donors (Lipinski definition) is 2. The smallest absolute Gasteiger partial charge is 0.428 e. The summed E-state index contributed by atoms with van der Waals surface area (Å²) in [5.74, 6) is -3.10. The molecule has 0 spiro atoms. The lowest BCUT2D eigenvalue weighted by Gasteiger charge is -2.31. The zero-order valence-electron chi connectivity index (χ0n) is 20.2. The van der Waals surface area contributed by atoms with Gasteiger partial charge in [0.05, 0.1) is 6.04 Å². The third kappa shape index (κ3) is 6.79. The molecule has 3 aromatic carbocycles. The molecule has 1 aliphatic rings. The predicted octanol–water partition coefficient (Wildman–Crippen LogP) is 7.32. The minimum absolute atomic E-state index is 0.00943. The Bertz CT molecular complexity index is 1220. The molecule has 1 fully saturated rings. The van der Waals surface area contributed by atoms with Gasteiger partial charge in [-0.2, -0.15) is 17.6 Å². The standard InChI is InChI=1S/C28H26F6N2O2/c29-20-12-10-18(11-13-20)24(17-6-2-1-3-7-17)25(36-27(37)35-22-8-4-5-9-22)19-14-21(30)16-23(15-19)38-28(33,34)26(31)32/h1-3,6-7,10-16,22,24-26H,4-5,8-9H2,(H2,35,36,37)/t24?,25-/m0/s1. The molecular weight excluding hydrogens is 510 g/mol. The normalized spacial score (nSPS) is 15.8. The molecule has 1 saturated carbocycles. The Kier molecular flexibility index (Phi) is 8.48. The lowest BCUT2D eigenvalue weighted by molar-refractivity contribution is -0.253. The molecule has 2 atom stereocenters. The van der Waals surface area contributed by atoms with Crippen molar-refractivity contribution in [3.05, 3.63) is 101 Å². The highest BCUT2D eigenvalue weighted by molar-refractivity contribution is 5.75. The molecule has 2 N–H and O–H groups in total. The molecule has 2 amide bonds. The van der Waals surface area contributed by atoms with Gasteiger partial charge in [-0.3, -0.25) is 0 Å². The Morgan fingerprint density at radius 1 is 0.842 bits per heavy atom. The van der Waals surface area contributed by atoms with Gasteiger partial charge in [-0.1, -0.05) is 55.3 Å². The maximum Gasteiger partial charge on any atom is 0.461 e. The van der Waals surface area contributed by atoms with Crippen molar-refractivity contribution >= 4 is 6.03 Å². The molecule has 4 nitrogen and oxygen atoms in total. The van der Waals surface area contributed by atoms with E-state index in [-0.39, 0.29) is 11.6 Å². The summed E-state index contributed by atoms with van der Waals surface area (Å²) in [7, 11) is 0. The molecule has 1 unspecified atom stereocenters. The number of amides is 2. The van der Waals surface area contributed by atoms with Crippen LogP contribution < -0.4 is 15.4 Å². The number of carbonyl (C=O) groups is 1. The van der Waals surface area contributed by atoms with E-state index in [2.05, 4.69) is 15.4 Å². The number of alkyl halides is 4. The summed E-state index contributed by atoms with van der Waals surface area (Å²) >= 11 is 0. The summed E-state index contributed by atoms with van der Waals surface area (Å²) in [6.45, 7) is 0. The molecule has 0 heterocycles. The Morgan fingerprint density at radius 2 is 1.47 bits per heavy atom. The first kappa shape index (κ1) is 27.3. The Hall–Kier alpha value is -3.69. The summed E-state index contributed by atoms with van der Waals surface area (Å²) in [6.07, 6.45) is -5.50. The summed E-state index contributed by atoms with van der Waals surface area (Å²) < 4.78 is 85.4. The number of benzene rings is 3. The molecule has 10 heteroatoms. The van der Waals surface area contributed by atoms with Gasteiger partial charge in [0, 0.05) is 18.0 Å². The van der Waals surface area contributed by atoms with Crippen LogP contribution in [0.25, 0.3) is 0 Å². The molecule has 0 aliphatic heterocycles. The zero-order chi connectivity index (χ0) is 27.3. The van der Waals surface area contributed by atoms with Crippen LogP contribution in [0.3, 0.4) is 0 Å². The topological polar surface area (TPSA) is 50.4 Å². The van der Waals surface area contributed by atoms with Crippen molar-refractivity contribution in [1.29, 1.82) is 0 Å². The lowest BCUT2D eigenvalue weighted by atomic mass is 9.81. The number of hydrogen-bond acceptors (Lipinski definition) is 2. The van der Waals surface area contributed by atoms with Crippen LogP contribution in [0.2, 0.25) is 0 Å². The zero-order valence-corrected chi connectivity index (χ0v) is 20.2. The third-order valence-electron chi connectivity index (χ3n) is 6.46. The fraction of sp³-hybridized carbons (Fsp3) is 0.321. The largest absolute Gasteiger partial charge is 0.461 e. The van der Waals surface area contributed by atoms with Gasteiger partial charge in [0.1, 0.15) is 17.4 Å². The van der Waals surface area contributed by atoms with Crippen LogP contribution >= 0.6 is 0 Å². The number of urea groups is 1. The second-order valence-corrected chi connectivity index (χ2v) is 9.20. The average molecular weight is 537 g/mol. The maximum absolute atomic E-state index is 14.7. The minimum Gasteiger partial charge on any atom is -0.428 e. The summed E-state index contributed by atoms with van der Waals surface area (Å²) in [5, 5.41) is 5.68. The number of nitrogens with one attached hydrogen (secondary N) is 2. The van der Waals surface area contributed by atoms with Gasteiger partial charge in [-0.25, -0.2) is 13.6 Å². The summed E-state index contributed by atoms with van der Waals surface area (Å²) in [5.41, 5.74) is 1.17. The van der Waals surface area contributed by atoms with Crippen molar-refractivity contribution in [1.82, 2.24) is 10.6 Å². The highest BCUT2D eigenvalue weighted by Crippen LogP contribution is 2.39. The van der Waals surface area contributed by atoms with E-state index in [1.807, 2.05) is 0 Å². The van der Waals surface area contributed by atoms with Gasteiger partial charge < -0.3 is 15.4 Å². The van der Waals surface area contributed by atoms with Crippen LogP contribution in [0, 0.1) is 11.6 Å². The van der Waals surface area contributed by atoms with E-state index in [9.17, 15) is 31.1 Å². The third-order valence-corrected chi connectivity index (χ3v) is 6.46. The number of rotatable bonds is 9. The van der Waals surface area contributed by atoms with Crippen LogP contribution in [0.5, 0.6) is 5.75 Å². The average Bonchev–Trinajstić information content (AvgIpc) is 3.37. The molecule has 1 aliphatic carbocycles. The van der Waals surface area contributed by atoms with Crippen molar-refractivity contribution in [2.24, 2.45) is 0 Å². The van der Waals surface area contributed by atoms with Crippen LogP contribution in [-0.4, -0.2) is 24.6 Å². The minimum atomic E-state index is -4.86. The maximum atomic E-state index is 14.7. The van der Waals surface area contributed by atoms with Crippen molar-refractivity contribution < 1.29 is 35.9 Å². The summed E-state index contributed by atoms with van der Waals surface area (Å²) in [6, 6.07) is 15.0. The van der Waals surface area contributed by atoms with Gasteiger partial charge in [0.2, 0.25) is 0 Å². The SMILES string of the molecule is O=C(NC1CCCC1)N[C@@H](c1cc(F)cc(OC(F)(F)C(F)F)c1)C(c1ccccc1)c1ccc(F)cc1. The second-order valence-electron chi connectivity index (χ2n) is 9.20. The Balaban J connectivity index is 1.79. The van der Waals surface area contributed by atoms with Crippen molar-refractivity contribution in [3.63, 3.8) is 0 Å². The lowest BCUT2D eigenvalue weighted by Crippen LogP contribution is -2.44. The van der Waals surface area contributed by atoms with E-state index in [1.54, 1.807) is 30.3 Å². The van der Waals surface area contributed by atoms with Gasteiger partial charge >= 0.3 is 18.6 Å². The fourth-order valence-corrected chi connectivity index (χ4v) is 4.73. The molecule has 0 bridgehead atoms. The van der Waals surface area contributed by atoms with E-state index >= 15 is 0 Å². The molecule has 202 valence electrons. The number of ether oxygens (including phenoxy) is 1. The van der Waals surface area contributed by atoms with Crippen LogP contribution in [0.4, 0.5) is 31.1 Å². The Morgan fingerprint density at radius 3 is 2.11 bits per heavy atom. The number of carbonyl (C=O) groups excluding carboxylic acids is 1. The first-order chi connectivity index (χ1) is 18.1. The second kappa shape index (κ2) is 11.8. The van der Waals surface area contributed by atoms with Crippen molar-refractivity contribution in [2.45, 2.75) is 56.2 Å². The molecule has 4 rings (SSSR count). The van der Waals surface area contributed by atoms with Gasteiger partial charge in [-0.05, 0) is 53.8 Å². The monoisotopic (exact) mass is 536 g/mol. The quantitative estimate of drug-likeness (QED) is 0.282. The summed E-state index contributed by atoms with van der Waals surface area (Å²) in [4.78, 5) is 13.1. The van der Waals surface area contributed by atoms with Crippen LogP contribution in [0.15, 0.2) is 72.8 Å². The van der Waals surface area contributed by atoms with Crippen LogP contribution in [0.1, 0.15) is 54.3 Å². The van der Waals surface area contributed by atoms with E-state index in [4.69, 9.17) is 0 Å². The van der Waals surface area contributed by atoms with E-state index < -0.39 is 47.9 Å². The van der Waals surface area contributed by atoms with Crippen LogP contribution in [-0.2, 0) is 0 Å². The van der Waals surface area contributed by atoms with E-state index in [0.29, 0.717) is 17.2 Å². The van der Waals surface area contributed by atoms with Gasteiger partial charge in [0.15, 0.2) is 0 Å². The van der Waals surface area contributed by atoms with E-state index in [1.165, 1.54) is 24.3 Å². The molecule has 0 saturated heterocycles. The van der Waals surface area contributed by atoms with E-state index in [0.717, 1.165) is 37.8 Å².